The number of hydrogen-bond donors (Lipinski definition) is 1. The molecule has 1 aromatic heterocycles. The Morgan fingerprint density at radius 2 is 1.87 bits per heavy atom. The van der Waals surface area contributed by atoms with E-state index in [-0.39, 0.29) is 11.2 Å². The lowest BCUT2D eigenvalue weighted by atomic mass is 9.69. The molecule has 1 aromatic carbocycles. The molecular formula is C24H24ClNO4. The molecule has 0 saturated carbocycles. The average Bonchev–Trinajstić information content (AvgIpc) is 3.15. The maximum Gasteiger partial charge on any atom is 0.336 e. The van der Waals surface area contributed by atoms with E-state index in [1.165, 1.54) is 7.11 Å². The molecule has 1 aliphatic heterocycles. The number of furan rings is 1. The zero-order chi connectivity index (χ0) is 21.6. The smallest absolute Gasteiger partial charge is 0.336 e. The first-order valence-electron chi connectivity index (χ1n) is 9.88. The molecule has 1 aliphatic carbocycles. The number of allylic oxidation sites excluding steroid dienone is 3. The van der Waals surface area contributed by atoms with E-state index in [1.54, 1.807) is 12.1 Å². The maximum atomic E-state index is 13.2. The van der Waals surface area contributed by atoms with Crippen LogP contribution in [0.3, 0.4) is 0 Å². The van der Waals surface area contributed by atoms with Gasteiger partial charge < -0.3 is 14.5 Å². The van der Waals surface area contributed by atoms with Crippen molar-refractivity contribution in [3.63, 3.8) is 0 Å². The minimum absolute atomic E-state index is 0.0251. The molecule has 0 bridgehead atoms. The summed E-state index contributed by atoms with van der Waals surface area (Å²) in [7, 11) is 1.34. The highest BCUT2D eigenvalue weighted by Crippen LogP contribution is 2.47. The van der Waals surface area contributed by atoms with Crippen molar-refractivity contribution in [1.82, 2.24) is 5.32 Å². The van der Waals surface area contributed by atoms with Crippen LogP contribution in [0.25, 0.3) is 11.3 Å². The lowest BCUT2D eigenvalue weighted by molar-refractivity contribution is -0.136. The lowest BCUT2D eigenvalue weighted by Gasteiger charge is -2.38. The third-order valence-corrected chi connectivity index (χ3v) is 5.94. The van der Waals surface area contributed by atoms with Gasteiger partial charge in [0.15, 0.2) is 5.78 Å². The number of esters is 1. The molecule has 4 rings (SSSR count). The summed E-state index contributed by atoms with van der Waals surface area (Å²) in [5, 5.41) is 3.93. The molecule has 6 heteroatoms. The number of halogens is 1. The molecule has 2 heterocycles. The predicted octanol–water partition coefficient (Wildman–Crippen LogP) is 5.38. The van der Waals surface area contributed by atoms with Gasteiger partial charge in [0.05, 0.1) is 18.6 Å². The largest absolute Gasteiger partial charge is 0.466 e. The molecule has 2 aromatic rings. The Kier molecular flexibility index (Phi) is 5.10. The van der Waals surface area contributed by atoms with Gasteiger partial charge in [0.25, 0.3) is 0 Å². The van der Waals surface area contributed by atoms with Crippen LogP contribution in [-0.4, -0.2) is 18.9 Å². The van der Waals surface area contributed by atoms with E-state index in [0.29, 0.717) is 39.8 Å². The molecule has 0 fully saturated rings. The van der Waals surface area contributed by atoms with Crippen LogP contribution in [0.2, 0.25) is 5.02 Å². The Morgan fingerprint density at radius 3 is 2.53 bits per heavy atom. The fourth-order valence-electron chi connectivity index (χ4n) is 4.38. The SMILES string of the molecule is COC(=O)C1=C(C)NC2=C(C(=O)CC(C)(C)C2)C1c1ccc(-c2ccc(Cl)cc2)o1. The summed E-state index contributed by atoms with van der Waals surface area (Å²) in [6, 6.07) is 11.0. The van der Waals surface area contributed by atoms with E-state index in [4.69, 9.17) is 20.8 Å². The molecule has 2 aliphatic rings. The molecule has 0 saturated heterocycles. The molecule has 0 radical (unpaired) electrons. The van der Waals surface area contributed by atoms with Gasteiger partial charge in [-0.05, 0) is 55.2 Å². The van der Waals surface area contributed by atoms with Gasteiger partial charge in [0.1, 0.15) is 11.5 Å². The fraction of sp³-hybridized carbons (Fsp3) is 0.333. The van der Waals surface area contributed by atoms with Crippen LogP contribution in [0.1, 0.15) is 45.3 Å². The molecule has 0 amide bonds. The summed E-state index contributed by atoms with van der Waals surface area (Å²) >= 11 is 5.99. The quantitative estimate of drug-likeness (QED) is 0.669. The first kappa shape index (κ1) is 20.5. The zero-order valence-electron chi connectivity index (χ0n) is 17.5. The Hall–Kier alpha value is -2.79. The maximum absolute atomic E-state index is 13.2. The van der Waals surface area contributed by atoms with Gasteiger partial charge in [-0.15, -0.1) is 0 Å². The van der Waals surface area contributed by atoms with Gasteiger partial charge in [0, 0.05) is 34.0 Å². The first-order chi connectivity index (χ1) is 14.2. The standard InChI is InChI=1S/C24H24ClNO4/c1-13-20(23(28)29-4)22(21-16(26-13)11-24(2,3)12-17(21)27)19-10-9-18(30-19)14-5-7-15(25)8-6-14/h5-10,22,26H,11-12H2,1-4H3. The van der Waals surface area contributed by atoms with Gasteiger partial charge >= 0.3 is 5.97 Å². The predicted molar refractivity (Wildman–Crippen MR) is 115 cm³/mol. The number of hydrogen-bond acceptors (Lipinski definition) is 5. The van der Waals surface area contributed by atoms with E-state index in [1.807, 2.05) is 31.2 Å². The van der Waals surface area contributed by atoms with Crippen molar-refractivity contribution in [3.05, 3.63) is 69.7 Å². The molecular weight excluding hydrogens is 402 g/mol. The van der Waals surface area contributed by atoms with Gasteiger partial charge in [-0.2, -0.15) is 0 Å². The Bertz CT molecular complexity index is 1090. The Balaban J connectivity index is 1.84. The Labute approximate surface area is 180 Å². The summed E-state index contributed by atoms with van der Waals surface area (Å²) in [4.78, 5) is 25.8. The van der Waals surface area contributed by atoms with Crippen molar-refractivity contribution in [2.75, 3.05) is 7.11 Å². The highest BCUT2D eigenvalue weighted by Gasteiger charge is 2.44. The van der Waals surface area contributed by atoms with Crippen LogP contribution >= 0.6 is 11.6 Å². The monoisotopic (exact) mass is 425 g/mol. The van der Waals surface area contributed by atoms with Gasteiger partial charge in [-0.1, -0.05) is 25.4 Å². The average molecular weight is 426 g/mol. The van der Waals surface area contributed by atoms with E-state index >= 15 is 0 Å². The van der Waals surface area contributed by atoms with Crippen LogP contribution in [-0.2, 0) is 14.3 Å². The molecule has 0 spiro atoms. The highest BCUT2D eigenvalue weighted by atomic mass is 35.5. The summed E-state index contributed by atoms with van der Waals surface area (Å²) < 4.78 is 11.2. The van der Waals surface area contributed by atoms with Crippen LogP contribution in [0, 0.1) is 5.41 Å². The topological polar surface area (TPSA) is 68.5 Å². The first-order valence-corrected chi connectivity index (χ1v) is 10.3. The summed E-state index contributed by atoms with van der Waals surface area (Å²) in [6.45, 7) is 5.98. The molecule has 1 unspecified atom stereocenters. The van der Waals surface area contributed by atoms with Gasteiger partial charge in [-0.3, -0.25) is 4.79 Å². The number of rotatable bonds is 3. The number of dihydropyridines is 1. The normalized spacial score (nSPS) is 20.7. The third kappa shape index (κ3) is 3.58. The summed E-state index contributed by atoms with van der Waals surface area (Å²) in [6.07, 6.45) is 1.14. The van der Waals surface area contributed by atoms with Crippen molar-refractivity contribution in [1.29, 1.82) is 0 Å². The van der Waals surface area contributed by atoms with Crippen LogP contribution in [0.4, 0.5) is 0 Å². The molecule has 30 heavy (non-hydrogen) atoms. The van der Waals surface area contributed by atoms with Crippen molar-refractivity contribution < 1.29 is 18.7 Å². The number of carbonyl (C=O) groups excluding carboxylic acids is 2. The number of ether oxygens (including phenoxy) is 1. The third-order valence-electron chi connectivity index (χ3n) is 5.69. The number of carbonyl (C=O) groups is 2. The van der Waals surface area contributed by atoms with Crippen molar-refractivity contribution in [2.45, 2.75) is 39.5 Å². The number of Topliss-reactive ketones (excluding diaryl/α,β-unsaturated/α-hetero) is 1. The molecule has 1 atom stereocenters. The van der Waals surface area contributed by atoms with Crippen LogP contribution < -0.4 is 5.32 Å². The summed E-state index contributed by atoms with van der Waals surface area (Å²) in [5.41, 5.74) is 3.26. The molecule has 1 N–H and O–H groups in total. The van der Waals surface area contributed by atoms with Crippen LogP contribution in [0.5, 0.6) is 0 Å². The summed E-state index contributed by atoms with van der Waals surface area (Å²) in [5.74, 6) is 0.142. The number of benzene rings is 1. The Morgan fingerprint density at radius 1 is 1.17 bits per heavy atom. The van der Waals surface area contributed by atoms with E-state index < -0.39 is 11.9 Å². The highest BCUT2D eigenvalue weighted by molar-refractivity contribution is 6.30. The fourth-order valence-corrected chi connectivity index (χ4v) is 4.50. The van der Waals surface area contributed by atoms with Crippen molar-refractivity contribution >= 4 is 23.4 Å². The molecule has 5 nitrogen and oxygen atoms in total. The minimum atomic E-state index is -0.599. The van der Waals surface area contributed by atoms with E-state index in [0.717, 1.165) is 17.7 Å². The second-order valence-electron chi connectivity index (χ2n) is 8.63. The second-order valence-corrected chi connectivity index (χ2v) is 9.07. The van der Waals surface area contributed by atoms with Crippen molar-refractivity contribution in [3.8, 4) is 11.3 Å². The lowest BCUT2D eigenvalue weighted by Crippen LogP contribution is -2.38. The van der Waals surface area contributed by atoms with E-state index in [9.17, 15) is 9.59 Å². The van der Waals surface area contributed by atoms with Crippen molar-refractivity contribution in [2.24, 2.45) is 5.41 Å². The number of nitrogens with one attached hydrogen (secondary N) is 1. The van der Waals surface area contributed by atoms with Gasteiger partial charge in [-0.25, -0.2) is 4.79 Å². The second kappa shape index (κ2) is 7.47. The minimum Gasteiger partial charge on any atom is -0.466 e. The zero-order valence-corrected chi connectivity index (χ0v) is 18.2. The molecule has 156 valence electrons. The van der Waals surface area contributed by atoms with Gasteiger partial charge in [0.2, 0.25) is 0 Å². The van der Waals surface area contributed by atoms with Crippen LogP contribution in [0.15, 0.2) is 63.4 Å². The number of methoxy groups -OCH3 is 1. The van der Waals surface area contributed by atoms with E-state index in [2.05, 4.69) is 19.2 Å². The number of ketones is 1.